The van der Waals surface area contributed by atoms with Gasteiger partial charge < -0.3 is 4.74 Å². The molecule has 0 aliphatic heterocycles. The molecule has 0 bridgehead atoms. The van der Waals surface area contributed by atoms with E-state index in [-0.39, 0.29) is 12.4 Å². The van der Waals surface area contributed by atoms with Gasteiger partial charge in [0.15, 0.2) is 6.10 Å². The van der Waals surface area contributed by atoms with Crippen LogP contribution in [-0.4, -0.2) is 11.8 Å². The smallest absolute Gasteiger partial charge is 0.306 e. The van der Waals surface area contributed by atoms with Crippen LogP contribution in [0.5, 0.6) is 0 Å². The SMILES string of the molecule is O=C(CCCCl)OC1c2c(Cl)cccc2Cc2cccc(Cl)c21. The van der Waals surface area contributed by atoms with Gasteiger partial charge in [-0.2, -0.15) is 0 Å². The molecule has 120 valence electrons. The molecule has 0 amide bonds. The minimum atomic E-state index is -0.570. The standard InChI is InChI=1S/C18H15Cl3O2/c19-9-3-8-15(22)23-18-16-11(4-1-6-13(16)20)10-12-5-2-7-14(21)17(12)18/h1-2,4-7,18H,3,8-10H2. The maximum absolute atomic E-state index is 12.1. The Bertz CT molecular complexity index is 692. The van der Waals surface area contributed by atoms with Gasteiger partial charge in [0, 0.05) is 33.5 Å². The molecule has 5 heteroatoms. The van der Waals surface area contributed by atoms with Crippen molar-refractivity contribution >= 4 is 40.8 Å². The van der Waals surface area contributed by atoms with Crippen LogP contribution in [0.4, 0.5) is 0 Å². The van der Waals surface area contributed by atoms with Crippen LogP contribution < -0.4 is 0 Å². The molecule has 0 heterocycles. The lowest BCUT2D eigenvalue weighted by Crippen LogP contribution is -2.20. The van der Waals surface area contributed by atoms with E-state index in [9.17, 15) is 4.79 Å². The molecular weight excluding hydrogens is 355 g/mol. The first-order valence-corrected chi connectivity index (χ1v) is 8.71. The second-order valence-electron chi connectivity index (χ2n) is 5.46. The molecular formula is C18H15Cl3O2. The number of alkyl halides is 1. The van der Waals surface area contributed by atoms with Crippen molar-refractivity contribution in [3.8, 4) is 0 Å². The first kappa shape index (κ1) is 16.6. The minimum Gasteiger partial charge on any atom is -0.452 e. The summed E-state index contributed by atoms with van der Waals surface area (Å²) in [6.45, 7) is 0. The van der Waals surface area contributed by atoms with Gasteiger partial charge in [0.25, 0.3) is 0 Å². The highest BCUT2D eigenvalue weighted by Gasteiger charge is 2.32. The number of fused-ring (bicyclic) bond motifs is 2. The third kappa shape index (κ3) is 3.35. The Balaban J connectivity index is 2.05. The Morgan fingerprint density at radius 2 is 1.61 bits per heavy atom. The van der Waals surface area contributed by atoms with Crippen molar-refractivity contribution < 1.29 is 9.53 Å². The largest absolute Gasteiger partial charge is 0.452 e. The first-order chi connectivity index (χ1) is 11.1. The van der Waals surface area contributed by atoms with E-state index in [1.807, 2.05) is 36.4 Å². The van der Waals surface area contributed by atoms with E-state index in [0.717, 1.165) is 28.7 Å². The molecule has 0 saturated carbocycles. The zero-order valence-electron chi connectivity index (χ0n) is 12.3. The van der Waals surface area contributed by atoms with Crippen LogP contribution in [0.25, 0.3) is 0 Å². The number of rotatable bonds is 4. The van der Waals surface area contributed by atoms with Crippen LogP contribution in [0.15, 0.2) is 36.4 Å². The molecule has 1 aliphatic carbocycles. The van der Waals surface area contributed by atoms with E-state index in [0.29, 0.717) is 22.3 Å². The van der Waals surface area contributed by atoms with Crippen LogP contribution in [0, 0.1) is 0 Å². The van der Waals surface area contributed by atoms with Crippen molar-refractivity contribution in [1.29, 1.82) is 0 Å². The summed E-state index contributed by atoms with van der Waals surface area (Å²) in [6, 6.07) is 11.4. The van der Waals surface area contributed by atoms with Crippen molar-refractivity contribution in [2.45, 2.75) is 25.4 Å². The van der Waals surface area contributed by atoms with Gasteiger partial charge in [0.2, 0.25) is 0 Å². The summed E-state index contributed by atoms with van der Waals surface area (Å²) in [6.07, 6.45) is 1.01. The van der Waals surface area contributed by atoms with Gasteiger partial charge in [0.05, 0.1) is 0 Å². The topological polar surface area (TPSA) is 26.3 Å². The summed E-state index contributed by atoms with van der Waals surface area (Å²) in [5.74, 6) is 0.128. The fraction of sp³-hybridized carbons (Fsp3) is 0.278. The Morgan fingerprint density at radius 3 is 2.13 bits per heavy atom. The van der Waals surface area contributed by atoms with E-state index in [4.69, 9.17) is 39.5 Å². The molecule has 0 atom stereocenters. The summed E-state index contributed by atoms with van der Waals surface area (Å²) >= 11 is 18.4. The van der Waals surface area contributed by atoms with Crippen LogP contribution in [0.1, 0.15) is 41.2 Å². The summed E-state index contributed by atoms with van der Waals surface area (Å²) in [5, 5.41) is 1.17. The molecule has 0 fully saturated rings. The monoisotopic (exact) mass is 368 g/mol. The number of ether oxygens (including phenoxy) is 1. The van der Waals surface area contributed by atoms with Gasteiger partial charge in [0.1, 0.15) is 0 Å². The number of hydrogen-bond acceptors (Lipinski definition) is 2. The van der Waals surface area contributed by atoms with Crippen molar-refractivity contribution in [1.82, 2.24) is 0 Å². The molecule has 0 N–H and O–H groups in total. The minimum absolute atomic E-state index is 0.277. The second-order valence-corrected chi connectivity index (χ2v) is 6.66. The number of carbonyl (C=O) groups is 1. The molecule has 23 heavy (non-hydrogen) atoms. The average molecular weight is 370 g/mol. The first-order valence-electron chi connectivity index (χ1n) is 7.42. The fourth-order valence-electron chi connectivity index (χ4n) is 2.93. The van der Waals surface area contributed by atoms with Gasteiger partial charge in [-0.15, -0.1) is 11.6 Å². The van der Waals surface area contributed by atoms with Crippen molar-refractivity contribution in [3.05, 3.63) is 68.7 Å². The molecule has 0 spiro atoms. The van der Waals surface area contributed by atoms with Gasteiger partial charge in [-0.25, -0.2) is 0 Å². The molecule has 2 aromatic rings. The van der Waals surface area contributed by atoms with E-state index in [1.54, 1.807) is 0 Å². The zero-order valence-corrected chi connectivity index (χ0v) is 14.6. The van der Waals surface area contributed by atoms with Crippen molar-refractivity contribution in [2.24, 2.45) is 0 Å². The Morgan fingerprint density at radius 1 is 1.04 bits per heavy atom. The quantitative estimate of drug-likeness (QED) is 0.522. The third-order valence-corrected chi connectivity index (χ3v) is 4.88. The number of hydrogen-bond donors (Lipinski definition) is 0. The summed E-state index contributed by atoms with van der Waals surface area (Å²) in [4.78, 5) is 12.1. The van der Waals surface area contributed by atoms with E-state index >= 15 is 0 Å². The maximum atomic E-state index is 12.1. The molecule has 0 aromatic heterocycles. The van der Waals surface area contributed by atoms with Crippen LogP contribution in [-0.2, 0) is 16.0 Å². The normalized spacial score (nSPS) is 13.3. The lowest BCUT2D eigenvalue weighted by atomic mass is 9.83. The molecule has 2 nitrogen and oxygen atoms in total. The highest BCUT2D eigenvalue weighted by atomic mass is 35.5. The van der Waals surface area contributed by atoms with E-state index in [1.165, 1.54) is 0 Å². The molecule has 3 rings (SSSR count). The van der Waals surface area contributed by atoms with Gasteiger partial charge in [-0.05, 0) is 36.1 Å². The lowest BCUT2D eigenvalue weighted by Gasteiger charge is -2.29. The van der Waals surface area contributed by atoms with Gasteiger partial charge in [-0.3, -0.25) is 4.79 Å². The summed E-state index contributed by atoms with van der Waals surface area (Å²) < 4.78 is 5.74. The third-order valence-electron chi connectivity index (χ3n) is 3.96. The fourth-order valence-corrected chi connectivity index (χ4v) is 3.65. The van der Waals surface area contributed by atoms with E-state index < -0.39 is 6.10 Å². The number of esters is 1. The highest BCUT2D eigenvalue weighted by Crippen LogP contribution is 2.43. The second kappa shape index (κ2) is 7.12. The molecule has 1 aliphatic rings. The lowest BCUT2D eigenvalue weighted by molar-refractivity contribution is -0.147. The Hall–Kier alpha value is -1.22. The van der Waals surface area contributed by atoms with Gasteiger partial charge >= 0.3 is 5.97 Å². The predicted molar refractivity (Wildman–Crippen MR) is 93.6 cm³/mol. The maximum Gasteiger partial charge on any atom is 0.306 e. The molecule has 0 saturated heterocycles. The summed E-state index contributed by atoms with van der Waals surface area (Å²) in [7, 11) is 0. The summed E-state index contributed by atoms with van der Waals surface area (Å²) in [5.41, 5.74) is 3.77. The Labute approximate surface area is 150 Å². The van der Waals surface area contributed by atoms with Crippen molar-refractivity contribution in [2.75, 3.05) is 5.88 Å². The van der Waals surface area contributed by atoms with Crippen LogP contribution in [0.3, 0.4) is 0 Å². The zero-order chi connectivity index (χ0) is 16.4. The number of carbonyl (C=O) groups excluding carboxylic acids is 1. The number of benzene rings is 2. The average Bonchev–Trinajstić information content (AvgIpc) is 2.52. The van der Waals surface area contributed by atoms with Crippen LogP contribution >= 0.6 is 34.8 Å². The molecule has 0 radical (unpaired) electrons. The predicted octanol–water partition coefficient (Wildman–Crippen LogP) is 5.55. The molecule has 0 unspecified atom stereocenters. The van der Waals surface area contributed by atoms with Crippen LogP contribution in [0.2, 0.25) is 10.0 Å². The van der Waals surface area contributed by atoms with E-state index in [2.05, 4.69) is 0 Å². The highest BCUT2D eigenvalue weighted by molar-refractivity contribution is 6.32. The molecule has 2 aromatic carbocycles. The van der Waals surface area contributed by atoms with Crippen molar-refractivity contribution in [3.63, 3.8) is 0 Å². The van der Waals surface area contributed by atoms with Gasteiger partial charge in [-0.1, -0.05) is 47.5 Å². The number of halogens is 3. The Kier molecular flexibility index (Phi) is 5.15.